The fourth-order valence-corrected chi connectivity index (χ4v) is 3.23. The van der Waals surface area contributed by atoms with Crippen LogP contribution in [0.2, 0.25) is 0 Å². The maximum absolute atomic E-state index is 12.3. The molecule has 0 atom stereocenters. The summed E-state index contributed by atoms with van der Waals surface area (Å²) in [5.41, 5.74) is 0. The van der Waals surface area contributed by atoms with Gasteiger partial charge in [-0.1, -0.05) is 12.1 Å². The van der Waals surface area contributed by atoms with E-state index < -0.39 is 15.6 Å². The first-order valence-corrected chi connectivity index (χ1v) is 8.44. The molecular formula is C10H10N2O7P2. The Hall–Kier alpha value is -1.76. The van der Waals surface area contributed by atoms with Gasteiger partial charge in [-0.15, -0.1) is 0 Å². The minimum atomic E-state index is -5.13. The summed E-state index contributed by atoms with van der Waals surface area (Å²) in [4.78, 5) is 25.1. The number of aromatic nitrogens is 2. The highest BCUT2D eigenvalue weighted by Gasteiger charge is 2.40. The zero-order valence-electron chi connectivity index (χ0n) is 10.3. The van der Waals surface area contributed by atoms with Crippen molar-refractivity contribution in [2.45, 2.75) is 0 Å². The third-order valence-electron chi connectivity index (χ3n) is 1.89. The Bertz CT molecular complexity index is 631. The van der Waals surface area contributed by atoms with Gasteiger partial charge in [0.25, 0.3) is 0 Å². The van der Waals surface area contributed by atoms with E-state index in [0.717, 1.165) is 0 Å². The van der Waals surface area contributed by atoms with Crippen molar-refractivity contribution in [3.8, 4) is 11.8 Å². The molecule has 0 saturated carbocycles. The van der Waals surface area contributed by atoms with Crippen molar-refractivity contribution in [2.75, 3.05) is 0 Å². The Labute approximate surface area is 119 Å². The third kappa shape index (κ3) is 5.26. The van der Waals surface area contributed by atoms with Gasteiger partial charge >= 0.3 is 15.6 Å². The van der Waals surface area contributed by atoms with Crippen LogP contribution in [0, 0.1) is 0 Å². The van der Waals surface area contributed by atoms with E-state index in [9.17, 15) is 9.13 Å². The summed E-state index contributed by atoms with van der Waals surface area (Å²) in [6.07, 6.45) is 2.66. The van der Waals surface area contributed by atoms with E-state index in [-0.39, 0.29) is 11.8 Å². The highest BCUT2D eigenvalue weighted by molar-refractivity contribution is 7.61. The molecule has 112 valence electrons. The van der Waals surface area contributed by atoms with Crippen LogP contribution in [0.4, 0.5) is 0 Å². The summed E-state index contributed by atoms with van der Waals surface area (Å²) in [6.45, 7) is 0. The molecule has 0 unspecified atom stereocenters. The molecule has 0 amide bonds. The molecule has 0 aliphatic carbocycles. The van der Waals surface area contributed by atoms with E-state index in [1.807, 2.05) is 0 Å². The average molecular weight is 332 g/mol. The minimum absolute atomic E-state index is 0.190. The molecule has 2 aromatic rings. The first-order chi connectivity index (χ1) is 9.86. The van der Waals surface area contributed by atoms with Crippen LogP contribution < -0.4 is 9.05 Å². The van der Waals surface area contributed by atoms with Crippen LogP contribution in [0.25, 0.3) is 0 Å². The summed E-state index contributed by atoms with van der Waals surface area (Å²) in [5.74, 6) is -0.379. The Morgan fingerprint density at radius 2 is 1.33 bits per heavy atom. The van der Waals surface area contributed by atoms with Crippen molar-refractivity contribution in [1.82, 2.24) is 9.97 Å². The zero-order chi connectivity index (χ0) is 15.3. The summed E-state index contributed by atoms with van der Waals surface area (Å²) >= 11 is 0. The van der Waals surface area contributed by atoms with Crippen molar-refractivity contribution in [2.24, 2.45) is 0 Å². The van der Waals surface area contributed by atoms with Crippen LogP contribution in [0.15, 0.2) is 48.8 Å². The molecule has 9 nitrogen and oxygen atoms in total. The molecule has 0 radical (unpaired) electrons. The molecule has 0 bridgehead atoms. The van der Waals surface area contributed by atoms with Crippen molar-refractivity contribution in [3.05, 3.63) is 48.8 Å². The molecule has 0 fully saturated rings. The first kappa shape index (κ1) is 15.6. The van der Waals surface area contributed by atoms with E-state index in [1.54, 1.807) is 12.1 Å². The van der Waals surface area contributed by atoms with E-state index >= 15 is 0 Å². The second-order valence-electron chi connectivity index (χ2n) is 3.54. The number of phosphoric acid groups is 2. The van der Waals surface area contributed by atoms with Gasteiger partial charge in [0.15, 0.2) is 0 Å². The van der Waals surface area contributed by atoms with Gasteiger partial charge < -0.3 is 18.8 Å². The SMILES string of the molecule is O=P(O)(O)OP(=O)(Oc1ccccn1)Oc1ccccn1. The molecule has 0 aliphatic rings. The molecule has 21 heavy (non-hydrogen) atoms. The fraction of sp³-hybridized carbons (Fsp3) is 0. The van der Waals surface area contributed by atoms with E-state index in [4.69, 9.17) is 18.8 Å². The molecule has 0 aliphatic heterocycles. The Balaban J connectivity index is 2.26. The van der Waals surface area contributed by atoms with Crippen LogP contribution >= 0.6 is 15.6 Å². The van der Waals surface area contributed by atoms with Crippen LogP contribution in [-0.2, 0) is 13.4 Å². The summed E-state index contributed by atoms with van der Waals surface area (Å²) < 4.78 is 37.1. The van der Waals surface area contributed by atoms with Crippen LogP contribution in [0.5, 0.6) is 11.8 Å². The topological polar surface area (TPSA) is 128 Å². The van der Waals surface area contributed by atoms with E-state index in [0.29, 0.717) is 0 Å². The van der Waals surface area contributed by atoms with Gasteiger partial charge in [-0.05, 0) is 12.1 Å². The number of pyridine rings is 2. The lowest BCUT2D eigenvalue weighted by Gasteiger charge is -2.17. The summed E-state index contributed by atoms with van der Waals surface area (Å²) in [5, 5.41) is 0. The predicted octanol–water partition coefficient (Wildman–Crippen LogP) is 2.15. The third-order valence-corrected chi connectivity index (χ3v) is 4.36. The lowest BCUT2D eigenvalue weighted by atomic mass is 10.5. The lowest BCUT2D eigenvalue weighted by molar-refractivity contribution is 0.230. The van der Waals surface area contributed by atoms with Crippen molar-refractivity contribution in [3.63, 3.8) is 0 Å². The maximum Gasteiger partial charge on any atom is 0.599 e. The molecular weight excluding hydrogens is 322 g/mol. The van der Waals surface area contributed by atoms with E-state index in [1.165, 1.54) is 36.7 Å². The summed E-state index contributed by atoms with van der Waals surface area (Å²) in [7, 11) is -9.80. The van der Waals surface area contributed by atoms with Crippen molar-refractivity contribution in [1.29, 1.82) is 0 Å². The monoisotopic (exact) mass is 332 g/mol. The van der Waals surface area contributed by atoms with Gasteiger partial charge in [-0.25, -0.2) is 19.1 Å². The Morgan fingerprint density at radius 1 is 0.857 bits per heavy atom. The summed E-state index contributed by atoms with van der Waals surface area (Å²) in [6, 6.07) is 8.81. The molecule has 2 aromatic heterocycles. The number of nitrogens with zero attached hydrogens (tertiary/aromatic N) is 2. The zero-order valence-corrected chi connectivity index (χ0v) is 12.1. The van der Waals surface area contributed by atoms with Gasteiger partial charge in [-0.3, -0.25) is 0 Å². The lowest BCUT2D eigenvalue weighted by Crippen LogP contribution is -2.05. The minimum Gasteiger partial charge on any atom is -0.376 e. The molecule has 0 saturated heterocycles. The van der Waals surface area contributed by atoms with E-state index in [2.05, 4.69) is 14.3 Å². The fourth-order valence-electron chi connectivity index (χ4n) is 1.21. The van der Waals surface area contributed by atoms with Gasteiger partial charge in [0, 0.05) is 24.5 Å². The molecule has 2 N–H and O–H groups in total. The second-order valence-corrected chi connectivity index (χ2v) is 6.43. The molecule has 2 heterocycles. The second kappa shape index (κ2) is 6.34. The number of rotatable bonds is 6. The standard InChI is InChI=1S/C10H10N2O7P2/c13-20(14,15)19-21(16,17-9-5-1-3-7-11-9)18-10-6-2-4-8-12-10/h1-8H,(H2,13,14,15). The van der Waals surface area contributed by atoms with Crippen molar-refractivity contribution >= 4 is 15.6 Å². The van der Waals surface area contributed by atoms with Gasteiger partial charge in [0.2, 0.25) is 11.8 Å². The smallest absolute Gasteiger partial charge is 0.376 e. The predicted molar refractivity (Wildman–Crippen MR) is 70.5 cm³/mol. The van der Waals surface area contributed by atoms with Crippen LogP contribution in [0.1, 0.15) is 0 Å². The normalized spacial score (nSPS) is 11.9. The van der Waals surface area contributed by atoms with Crippen LogP contribution in [-0.4, -0.2) is 19.8 Å². The Morgan fingerprint density at radius 3 is 1.67 bits per heavy atom. The number of phosphoric ester groups is 1. The first-order valence-electron chi connectivity index (χ1n) is 5.44. The number of hydrogen-bond donors (Lipinski definition) is 2. The molecule has 0 aromatic carbocycles. The van der Waals surface area contributed by atoms with Gasteiger partial charge in [0.05, 0.1) is 0 Å². The average Bonchev–Trinajstić information content (AvgIpc) is 2.38. The van der Waals surface area contributed by atoms with Gasteiger partial charge in [-0.2, -0.15) is 4.31 Å². The highest BCUT2D eigenvalue weighted by atomic mass is 31.3. The quantitative estimate of drug-likeness (QED) is 0.764. The maximum atomic E-state index is 12.3. The van der Waals surface area contributed by atoms with Crippen LogP contribution in [0.3, 0.4) is 0 Å². The molecule has 2 rings (SSSR count). The number of hydrogen-bond acceptors (Lipinski definition) is 7. The van der Waals surface area contributed by atoms with Gasteiger partial charge in [0.1, 0.15) is 0 Å². The molecule has 11 heteroatoms. The molecule has 0 spiro atoms. The highest BCUT2D eigenvalue weighted by Crippen LogP contribution is 2.59. The largest absolute Gasteiger partial charge is 0.599 e. The van der Waals surface area contributed by atoms with Crippen molar-refractivity contribution < 1.29 is 32.3 Å². The Kier molecular flexibility index (Phi) is 4.72.